The van der Waals surface area contributed by atoms with Crippen LogP contribution in [0.15, 0.2) is 11.6 Å². The van der Waals surface area contributed by atoms with Gasteiger partial charge in [0, 0.05) is 0 Å². The maximum atomic E-state index is 5.05. The molecule has 0 saturated heterocycles. The van der Waals surface area contributed by atoms with E-state index in [1.165, 1.54) is 31.3 Å². The van der Waals surface area contributed by atoms with E-state index in [-0.39, 0.29) is 0 Å². The molecule has 70 valence electrons. The zero-order valence-electron chi connectivity index (χ0n) is 7.84. The highest BCUT2D eigenvalue weighted by molar-refractivity contribution is 5.04. The average Bonchev–Trinajstić information content (AvgIpc) is 2.14. The Labute approximate surface area is 74.5 Å². The highest BCUT2D eigenvalue weighted by Gasteiger charge is 2.03. The lowest BCUT2D eigenvalue weighted by molar-refractivity contribution is -0.288. The first-order valence-corrected chi connectivity index (χ1v) is 4.86. The zero-order chi connectivity index (χ0) is 8.65. The fraction of sp³-hybridized carbons (Fsp3) is 0.800. The molecule has 0 spiro atoms. The van der Waals surface area contributed by atoms with Crippen molar-refractivity contribution in [3.63, 3.8) is 0 Å². The van der Waals surface area contributed by atoms with Crippen LogP contribution in [0.3, 0.4) is 0 Å². The Morgan fingerprint density at radius 2 is 2.25 bits per heavy atom. The van der Waals surface area contributed by atoms with E-state index < -0.39 is 0 Å². The quantitative estimate of drug-likeness (QED) is 0.273. The van der Waals surface area contributed by atoms with Crippen molar-refractivity contribution in [3.8, 4) is 0 Å². The summed E-state index contributed by atoms with van der Waals surface area (Å²) >= 11 is 0. The van der Waals surface area contributed by atoms with Gasteiger partial charge in [0.2, 0.25) is 0 Å². The molecule has 2 heteroatoms. The third-order valence-corrected chi connectivity index (χ3v) is 2.00. The van der Waals surface area contributed by atoms with Crippen molar-refractivity contribution in [2.45, 2.75) is 39.0 Å². The first kappa shape index (κ1) is 9.75. The summed E-state index contributed by atoms with van der Waals surface area (Å²) in [7, 11) is 0. The second-order valence-electron chi connectivity index (χ2n) is 3.19. The van der Waals surface area contributed by atoms with Crippen LogP contribution in [0.1, 0.15) is 39.0 Å². The van der Waals surface area contributed by atoms with Gasteiger partial charge in [0.05, 0.1) is 6.61 Å². The van der Waals surface area contributed by atoms with Crippen LogP contribution in [0.5, 0.6) is 0 Å². The van der Waals surface area contributed by atoms with Crippen LogP contribution in [0, 0.1) is 0 Å². The molecule has 0 aromatic heterocycles. The molecule has 0 atom stereocenters. The average molecular weight is 170 g/mol. The summed E-state index contributed by atoms with van der Waals surface area (Å²) in [6.07, 6.45) is 8.34. The fourth-order valence-electron chi connectivity index (χ4n) is 1.30. The van der Waals surface area contributed by atoms with Crippen molar-refractivity contribution in [1.82, 2.24) is 0 Å². The van der Waals surface area contributed by atoms with Crippen molar-refractivity contribution in [2.24, 2.45) is 0 Å². The van der Waals surface area contributed by atoms with Gasteiger partial charge in [0.15, 0.2) is 0 Å². The molecule has 12 heavy (non-hydrogen) atoms. The highest BCUT2D eigenvalue weighted by Crippen LogP contribution is 2.17. The molecule has 0 fully saturated rings. The van der Waals surface area contributed by atoms with Crippen LogP contribution in [0.25, 0.3) is 0 Å². The molecule has 0 aromatic rings. The van der Waals surface area contributed by atoms with Crippen LogP contribution in [0.4, 0.5) is 0 Å². The smallest absolute Gasteiger partial charge is 0.103 e. The first-order valence-electron chi connectivity index (χ1n) is 4.86. The summed E-state index contributed by atoms with van der Waals surface area (Å²) in [6, 6.07) is 0. The Kier molecular flexibility index (Phi) is 5.04. The van der Waals surface area contributed by atoms with Crippen molar-refractivity contribution in [2.75, 3.05) is 13.2 Å². The minimum Gasteiger partial charge on any atom is -0.236 e. The Bertz CT molecular complexity index is 141. The molecule has 0 saturated carbocycles. The van der Waals surface area contributed by atoms with Gasteiger partial charge in [-0.05, 0) is 37.7 Å². The molecular weight excluding hydrogens is 152 g/mol. The van der Waals surface area contributed by atoms with Crippen molar-refractivity contribution < 1.29 is 9.78 Å². The third-order valence-electron chi connectivity index (χ3n) is 2.00. The number of allylic oxidation sites excluding steroid dienone is 1. The summed E-state index contributed by atoms with van der Waals surface area (Å²) in [5, 5.41) is 0. The van der Waals surface area contributed by atoms with Gasteiger partial charge in [-0.3, -0.25) is 0 Å². The van der Waals surface area contributed by atoms with Crippen LogP contribution in [-0.2, 0) is 9.78 Å². The molecule has 0 unspecified atom stereocenters. The second kappa shape index (κ2) is 6.21. The van der Waals surface area contributed by atoms with Crippen LogP contribution >= 0.6 is 0 Å². The monoisotopic (exact) mass is 170 g/mol. The molecule has 1 aliphatic rings. The largest absolute Gasteiger partial charge is 0.236 e. The predicted molar refractivity (Wildman–Crippen MR) is 48.7 cm³/mol. The molecule has 0 radical (unpaired) electrons. The molecule has 0 heterocycles. The lowest BCUT2D eigenvalue weighted by Gasteiger charge is -2.11. The van der Waals surface area contributed by atoms with Gasteiger partial charge in [-0.2, -0.15) is 0 Å². The van der Waals surface area contributed by atoms with E-state index in [0.717, 1.165) is 6.42 Å². The molecule has 1 aliphatic carbocycles. The summed E-state index contributed by atoms with van der Waals surface area (Å²) in [5.41, 5.74) is 1.40. The van der Waals surface area contributed by atoms with Gasteiger partial charge in [0.25, 0.3) is 0 Å². The van der Waals surface area contributed by atoms with Crippen molar-refractivity contribution >= 4 is 0 Å². The molecular formula is C10H18O2. The Morgan fingerprint density at radius 1 is 1.33 bits per heavy atom. The lowest BCUT2D eigenvalue weighted by atomic mass is 10.0. The molecule has 1 rings (SSSR count). The van der Waals surface area contributed by atoms with Gasteiger partial charge >= 0.3 is 0 Å². The second-order valence-corrected chi connectivity index (χ2v) is 3.19. The molecule has 0 bridgehead atoms. The molecule has 0 aromatic carbocycles. The summed E-state index contributed by atoms with van der Waals surface area (Å²) < 4.78 is 0. The van der Waals surface area contributed by atoms with E-state index in [2.05, 4.69) is 13.0 Å². The molecule has 0 N–H and O–H groups in total. The Balaban J connectivity index is 2.01. The van der Waals surface area contributed by atoms with Gasteiger partial charge in [-0.15, -0.1) is 0 Å². The van der Waals surface area contributed by atoms with Crippen molar-refractivity contribution in [3.05, 3.63) is 11.6 Å². The zero-order valence-corrected chi connectivity index (χ0v) is 7.84. The SMILES string of the molecule is CCCOOCC1=CCCCC1. The van der Waals surface area contributed by atoms with Crippen LogP contribution in [-0.4, -0.2) is 13.2 Å². The van der Waals surface area contributed by atoms with Gasteiger partial charge in [0.1, 0.15) is 6.61 Å². The van der Waals surface area contributed by atoms with E-state index >= 15 is 0 Å². The number of rotatable bonds is 5. The molecule has 2 nitrogen and oxygen atoms in total. The van der Waals surface area contributed by atoms with E-state index in [0.29, 0.717) is 13.2 Å². The minimum absolute atomic E-state index is 0.667. The fourth-order valence-corrected chi connectivity index (χ4v) is 1.30. The highest BCUT2D eigenvalue weighted by atomic mass is 17.2. The van der Waals surface area contributed by atoms with E-state index in [1.54, 1.807) is 0 Å². The van der Waals surface area contributed by atoms with Gasteiger partial charge in [-0.25, -0.2) is 9.78 Å². The summed E-state index contributed by atoms with van der Waals surface area (Å²) in [4.78, 5) is 9.99. The number of hydrogen-bond donors (Lipinski definition) is 0. The third kappa shape index (κ3) is 3.88. The lowest BCUT2D eigenvalue weighted by Crippen LogP contribution is -2.03. The summed E-state index contributed by atoms with van der Waals surface area (Å²) in [6.45, 7) is 3.44. The molecule has 0 amide bonds. The normalized spacial score (nSPS) is 17.6. The minimum atomic E-state index is 0.667. The Hall–Kier alpha value is -0.340. The first-order chi connectivity index (χ1) is 5.93. The van der Waals surface area contributed by atoms with Crippen LogP contribution < -0.4 is 0 Å². The van der Waals surface area contributed by atoms with Gasteiger partial charge in [-0.1, -0.05) is 13.0 Å². The summed E-state index contributed by atoms with van der Waals surface area (Å²) in [5.74, 6) is 0. The van der Waals surface area contributed by atoms with E-state index in [4.69, 9.17) is 9.78 Å². The predicted octanol–water partition coefficient (Wildman–Crippen LogP) is 2.85. The van der Waals surface area contributed by atoms with E-state index in [1.807, 2.05) is 0 Å². The number of hydrogen-bond acceptors (Lipinski definition) is 2. The molecule has 0 aliphatic heterocycles. The Morgan fingerprint density at radius 3 is 2.92 bits per heavy atom. The topological polar surface area (TPSA) is 18.5 Å². The van der Waals surface area contributed by atoms with Gasteiger partial charge < -0.3 is 0 Å². The maximum absolute atomic E-state index is 5.05. The standard InChI is InChI=1S/C10H18O2/c1-2-8-11-12-9-10-6-4-3-5-7-10/h6H,2-5,7-9H2,1H3. The van der Waals surface area contributed by atoms with E-state index in [9.17, 15) is 0 Å². The maximum Gasteiger partial charge on any atom is 0.103 e. The van der Waals surface area contributed by atoms with Crippen molar-refractivity contribution in [1.29, 1.82) is 0 Å². The van der Waals surface area contributed by atoms with Crippen LogP contribution in [0.2, 0.25) is 0 Å².